The Morgan fingerprint density at radius 1 is 1.11 bits per heavy atom. The topological polar surface area (TPSA) is 81.7 Å². The van der Waals surface area contributed by atoms with Crippen LogP contribution in [0.4, 0.5) is 13.2 Å². The maximum Gasteiger partial charge on any atom is 0.417 e. The molecule has 2 rings (SSSR count). The molecule has 27 heavy (non-hydrogen) atoms. The molecule has 0 spiro atoms. The van der Waals surface area contributed by atoms with E-state index in [2.05, 4.69) is 0 Å². The van der Waals surface area contributed by atoms with Gasteiger partial charge in [-0.15, -0.1) is 0 Å². The van der Waals surface area contributed by atoms with Crippen LogP contribution in [-0.2, 0) is 16.2 Å². The molecule has 6 nitrogen and oxygen atoms in total. The van der Waals surface area contributed by atoms with Crippen LogP contribution in [0.25, 0.3) is 0 Å². The van der Waals surface area contributed by atoms with Gasteiger partial charge in [0, 0.05) is 6.07 Å². The summed E-state index contributed by atoms with van der Waals surface area (Å²) in [5.74, 6) is -1.02. The highest BCUT2D eigenvalue weighted by Crippen LogP contribution is 2.38. The van der Waals surface area contributed by atoms with Crippen LogP contribution in [0.2, 0.25) is 5.02 Å². The highest BCUT2D eigenvalue weighted by atomic mass is 35.5. The molecule has 0 heterocycles. The smallest absolute Gasteiger partial charge is 0.417 e. The molecule has 2 aromatic rings. The Kier molecular flexibility index (Phi) is 5.91. The summed E-state index contributed by atoms with van der Waals surface area (Å²) in [4.78, 5) is 12.0. The summed E-state index contributed by atoms with van der Waals surface area (Å²) in [6, 6.07) is 6.76. The van der Waals surface area contributed by atoms with Gasteiger partial charge in [0.2, 0.25) is 10.0 Å². The van der Waals surface area contributed by atoms with E-state index in [1.807, 2.05) is 0 Å². The number of sulfonamides is 1. The van der Waals surface area contributed by atoms with E-state index in [1.165, 1.54) is 31.4 Å². The Balaban J connectivity index is 2.32. The van der Waals surface area contributed by atoms with E-state index in [1.54, 1.807) is 4.72 Å². The first-order valence-electron chi connectivity index (χ1n) is 7.15. The lowest BCUT2D eigenvalue weighted by molar-refractivity contribution is -0.137. The van der Waals surface area contributed by atoms with Crippen molar-refractivity contribution in [1.82, 2.24) is 4.72 Å². The monoisotopic (exact) mass is 423 g/mol. The molecule has 1 amide bonds. The molecule has 0 bridgehead atoms. The predicted octanol–water partition coefficient (Wildman–Crippen LogP) is 3.85. The molecule has 0 radical (unpaired) electrons. The van der Waals surface area contributed by atoms with Crippen molar-refractivity contribution in [2.24, 2.45) is 0 Å². The number of ether oxygens (including phenoxy) is 2. The minimum absolute atomic E-state index is 0.0290. The number of hydrogen-bond donors (Lipinski definition) is 1. The molecular formula is C16H13ClF3NO5S. The van der Waals surface area contributed by atoms with Gasteiger partial charge in [0.15, 0.2) is 0 Å². The lowest BCUT2D eigenvalue weighted by Gasteiger charge is -2.13. The minimum Gasteiger partial charge on any atom is -0.496 e. The van der Waals surface area contributed by atoms with Crippen molar-refractivity contribution < 1.29 is 35.9 Å². The van der Waals surface area contributed by atoms with Gasteiger partial charge in [0.05, 0.1) is 29.5 Å². The van der Waals surface area contributed by atoms with Crippen LogP contribution in [-0.4, -0.2) is 27.7 Å². The van der Waals surface area contributed by atoms with Gasteiger partial charge in [0.25, 0.3) is 5.91 Å². The second-order valence-corrected chi connectivity index (χ2v) is 7.46. The van der Waals surface area contributed by atoms with E-state index in [4.69, 9.17) is 21.1 Å². The Hall–Kier alpha value is -2.46. The molecule has 1 N–H and O–H groups in total. The summed E-state index contributed by atoms with van der Waals surface area (Å²) < 4.78 is 73.2. The van der Waals surface area contributed by atoms with Crippen LogP contribution in [0, 0.1) is 0 Å². The van der Waals surface area contributed by atoms with E-state index in [0.717, 1.165) is 18.4 Å². The number of hydrogen-bond acceptors (Lipinski definition) is 5. The standard InChI is InChI=1S/C16H13ClF3NO5S/c1-25-14-8-10(3-5-11(14)15(22)21-27(2,23)24)26-9-4-6-13(17)12(7-9)16(18,19)20/h3-8H,1-2H3,(H,21,22). The normalized spacial score (nSPS) is 11.8. The van der Waals surface area contributed by atoms with Crippen molar-refractivity contribution in [3.05, 3.63) is 52.5 Å². The lowest BCUT2D eigenvalue weighted by Crippen LogP contribution is -2.29. The molecule has 0 unspecified atom stereocenters. The average molecular weight is 424 g/mol. The molecule has 146 valence electrons. The quantitative estimate of drug-likeness (QED) is 0.790. The van der Waals surface area contributed by atoms with Crippen LogP contribution < -0.4 is 14.2 Å². The highest BCUT2D eigenvalue weighted by molar-refractivity contribution is 7.89. The summed E-state index contributed by atoms with van der Waals surface area (Å²) in [5.41, 5.74) is -1.15. The molecule has 0 aliphatic rings. The van der Waals surface area contributed by atoms with Crippen molar-refractivity contribution in [1.29, 1.82) is 0 Å². The molecule has 0 fully saturated rings. The summed E-state index contributed by atoms with van der Waals surface area (Å²) in [7, 11) is -2.55. The molecule has 0 aliphatic heterocycles. The maximum atomic E-state index is 12.9. The number of halogens is 4. The van der Waals surface area contributed by atoms with Gasteiger partial charge in [-0.25, -0.2) is 13.1 Å². The van der Waals surface area contributed by atoms with Gasteiger partial charge in [-0.3, -0.25) is 4.79 Å². The molecule has 0 saturated carbocycles. The van der Waals surface area contributed by atoms with E-state index in [0.29, 0.717) is 0 Å². The largest absolute Gasteiger partial charge is 0.496 e. The minimum atomic E-state index is -4.65. The predicted molar refractivity (Wildman–Crippen MR) is 91.8 cm³/mol. The first-order chi connectivity index (χ1) is 12.4. The zero-order chi connectivity index (χ0) is 20.4. The van der Waals surface area contributed by atoms with Gasteiger partial charge in [-0.2, -0.15) is 13.2 Å². The number of carbonyl (C=O) groups is 1. The van der Waals surface area contributed by atoms with Crippen LogP contribution in [0.3, 0.4) is 0 Å². The Bertz CT molecular complexity index is 977. The number of carbonyl (C=O) groups excluding carboxylic acids is 1. The molecule has 0 saturated heterocycles. The third-order valence-corrected chi connectivity index (χ3v) is 4.06. The van der Waals surface area contributed by atoms with Crippen LogP contribution >= 0.6 is 11.6 Å². The number of methoxy groups -OCH3 is 1. The molecular weight excluding hydrogens is 411 g/mol. The zero-order valence-corrected chi connectivity index (χ0v) is 15.5. The zero-order valence-electron chi connectivity index (χ0n) is 13.9. The Morgan fingerprint density at radius 3 is 2.26 bits per heavy atom. The summed E-state index contributed by atoms with van der Waals surface area (Å²) in [6.07, 6.45) is -3.84. The second kappa shape index (κ2) is 7.65. The summed E-state index contributed by atoms with van der Waals surface area (Å²) in [6.45, 7) is 0. The van der Waals surface area contributed by atoms with Crippen molar-refractivity contribution in [3.63, 3.8) is 0 Å². The SMILES string of the molecule is COc1cc(Oc2ccc(Cl)c(C(F)(F)F)c2)ccc1C(=O)NS(C)(=O)=O. The highest BCUT2D eigenvalue weighted by Gasteiger charge is 2.33. The number of amides is 1. The second-order valence-electron chi connectivity index (χ2n) is 5.31. The van der Waals surface area contributed by atoms with E-state index in [9.17, 15) is 26.4 Å². The number of benzene rings is 2. The van der Waals surface area contributed by atoms with Crippen LogP contribution in [0.1, 0.15) is 15.9 Å². The third-order valence-electron chi connectivity index (χ3n) is 3.17. The molecule has 0 aliphatic carbocycles. The van der Waals surface area contributed by atoms with E-state index < -0.39 is 32.7 Å². The maximum absolute atomic E-state index is 12.9. The number of rotatable bonds is 5. The molecule has 0 atom stereocenters. The van der Waals surface area contributed by atoms with E-state index in [-0.39, 0.29) is 22.8 Å². The number of nitrogens with one attached hydrogen (secondary N) is 1. The Labute approximate surface area is 157 Å². The fourth-order valence-corrected chi connectivity index (χ4v) is 2.74. The van der Waals surface area contributed by atoms with Crippen LogP contribution in [0.15, 0.2) is 36.4 Å². The molecule has 2 aromatic carbocycles. The van der Waals surface area contributed by atoms with Gasteiger partial charge >= 0.3 is 6.18 Å². The molecule has 11 heteroatoms. The van der Waals surface area contributed by atoms with Crippen molar-refractivity contribution in [2.75, 3.05) is 13.4 Å². The van der Waals surface area contributed by atoms with Crippen molar-refractivity contribution in [3.8, 4) is 17.2 Å². The van der Waals surface area contributed by atoms with Gasteiger partial charge in [-0.05, 0) is 30.3 Å². The Morgan fingerprint density at radius 2 is 1.70 bits per heavy atom. The fourth-order valence-electron chi connectivity index (χ4n) is 2.07. The van der Waals surface area contributed by atoms with Crippen molar-refractivity contribution in [2.45, 2.75) is 6.18 Å². The number of alkyl halides is 3. The third kappa shape index (κ3) is 5.51. The van der Waals surface area contributed by atoms with Gasteiger partial charge < -0.3 is 9.47 Å². The van der Waals surface area contributed by atoms with E-state index >= 15 is 0 Å². The summed E-state index contributed by atoms with van der Waals surface area (Å²) >= 11 is 5.55. The average Bonchev–Trinajstić information content (AvgIpc) is 2.53. The lowest BCUT2D eigenvalue weighted by atomic mass is 10.1. The van der Waals surface area contributed by atoms with Gasteiger partial charge in [-0.1, -0.05) is 11.6 Å². The summed E-state index contributed by atoms with van der Waals surface area (Å²) in [5, 5.41) is -0.472. The van der Waals surface area contributed by atoms with Crippen molar-refractivity contribution >= 4 is 27.5 Å². The molecule has 0 aromatic heterocycles. The first-order valence-corrected chi connectivity index (χ1v) is 9.42. The fraction of sp³-hybridized carbons (Fsp3) is 0.188. The first kappa shape index (κ1) is 20.8. The van der Waals surface area contributed by atoms with Crippen LogP contribution in [0.5, 0.6) is 17.2 Å². The van der Waals surface area contributed by atoms with Gasteiger partial charge in [0.1, 0.15) is 17.2 Å².